The molecule has 138 valence electrons. The molecule has 2 aromatic carbocycles. The van der Waals surface area contributed by atoms with Crippen LogP contribution in [0, 0.1) is 5.92 Å². The summed E-state index contributed by atoms with van der Waals surface area (Å²) in [6.45, 7) is 0. The van der Waals surface area contributed by atoms with E-state index in [-0.39, 0.29) is 23.7 Å². The SMILES string of the molecule is O=C1CC(c2ccccc2)C=C2Nc3ccccc3NC(c3cccnc3)C12. The molecule has 0 saturated heterocycles. The zero-order chi connectivity index (χ0) is 18.9. The van der Waals surface area contributed by atoms with Crippen LogP contribution in [0.3, 0.4) is 0 Å². The summed E-state index contributed by atoms with van der Waals surface area (Å²) in [5.41, 5.74) is 5.15. The maximum Gasteiger partial charge on any atom is 0.145 e. The molecule has 0 saturated carbocycles. The van der Waals surface area contributed by atoms with E-state index in [1.807, 2.05) is 60.8 Å². The Morgan fingerprint density at radius 1 is 0.857 bits per heavy atom. The molecule has 1 aliphatic heterocycles. The van der Waals surface area contributed by atoms with Crippen LogP contribution in [0.4, 0.5) is 11.4 Å². The minimum atomic E-state index is -0.267. The van der Waals surface area contributed by atoms with Gasteiger partial charge >= 0.3 is 0 Å². The first kappa shape index (κ1) is 16.8. The summed E-state index contributed by atoms with van der Waals surface area (Å²) in [6.07, 6.45) is 6.35. The fourth-order valence-electron chi connectivity index (χ4n) is 4.26. The summed E-state index contributed by atoms with van der Waals surface area (Å²) in [6, 6.07) is 22.2. The maximum absolute atomic E-state index is 13.4. The molecule has 2 aliphatic rings. The Morgan fingerprint density at radius 3 is 2.39 bits per heavy atom. The van der Waals surface area contributed by atoms with Crippen LogP contribution in [-0.2, 0) is 4.79 Å². The van der Waals surface area contributed by atoms with Crippen molar-refractivity contribution in [2.75, 3.05) is 10.6 Å². The van der Waals surface area contributed by atoms with E-state index in [4.69, 9.17) is 0 Å². The second-order valence-corrected chi connectivity index (χ2v) is 7.37. The zero-order valence-corrected chi connectivity index (χ0v) is 15.4. The number of para-hydroxylation sites is 2. The van der Waals surface area contributed by atoms with Crippen molar-refractivity contribution in [3.8, 4) is 0 Å². The molecule has 0 fully saturated rings. The van der Waals surface area contributed by atoms with Crippen molar-refractivity contribution in [3.05, 3.63) is 102 Å². The average Bonchev–Trinajstić information content (AvgIpc) is 2.92. The highest BCUT2D eigenvalue weighted by Gasteiger charge is 2.39. The van der Waals surface area contributed by atoms with Gasteiger partial charge in [0.05, 0.1) is 23.3 Å². The third-order valence-electron chi connectivity index (χ3n) is 5.61. The van der Waals surface area contributed by atoms with Crippen molar-refractivity contribution < 1.29 is 4.79 Å². The van der Waals surface area contributed by atoms with E-state index in [9.17, 15) is 4.79 Å². The van der Waals surface area contributed by atoms with Crippen LogP contribution in [0.5, 0.6) is 0 Å². The lowest BCUT2D eigenvalue weighted by molar-refractivity contribution is -0.122. The summed E-state index contributed by atoms with van der Waals surface area (Å²) in [5, 5.41) is 7.14. The van der Waals surface area contributed by atoms with Crippen molar-refractivity contribution in [3.63, 3.8) is 0 Å². The third kappa shape index (κ3) is 2.97. The van der Waals surface area contributed by atoms with Gasteiger partial charge in [0, 0.05) is 30.4 Å². The Balaban J connectivity index is 1.63. The number of hydrogen-bond acceptors (Lipinski definition) is 4. The number of carbonyl (C=O) groups is 1. The lowest BCUT2D eigenvalue weighted by Gasteiger charge is -2.32. The molecule has 2 N–H and O–H groups in total. The van der Waals surface area contributed by atoms with E-state index in [0.29, 0.717) is 6.42 Å². The van der Waals surface area contributed by atoms with Crippen molar-refractivity contribution >= 4 is 17.2 Å². The fourth-order valence-corrected chi connectivity index (χ4v) is 4.26. The Labute approximate surface area is 164 Å². The molecule has 0 bridgehead atoms. The van der Waals surface area contributed by atoms with Gasteiger partial charge < -0.3 is 10.6 Å². The average molecular weight is 367 g/mol. The molecule has 2 heterocycles. The van der Waals surface area contributed by atoms with Crippen LogP contribution in [0.15, 0.2) is 90.9 Å². The van der Waals surface area contributed by atoms with Gasteiger partial charge in [-0.1, -0.05) is 54.6 Å². The predicted molar refractivity (Wildman–Crippen MR) is 111 cm³/mol. The highest BCUT2D eigenvalue weighted by atomic mass is 16.1. The van der Waals surface area contributed by atoms with Gasteiger partial charge in [0.25, 0.3) is 0 Å². The van der Waals surface area contributed by atoms with Crippen LogP contribution in [-0.4, -0.2) is 10.8 Å². The first-order chi connectivity index (χ1) is 13.8. The third-order valence-corrected chi connectivity index (χ3v) is 5.61. The number of nitrogens with one attached hydrogen (secondary N) is 2. The lowest BCUT2D eigenvalue weighted by atomic mass is 9.77. The number of allylic oxidation sites excluding steroid dienone is 1. The quantitative estimate of drug-likeness (QED) is 0.675. The highest BCUT2D eigenvalue weighted by Crippen LogP contribution is 2.44. The molecule has 4 nitrogen and oxygen atoms in total. The van der Waals surface area contributed by atoms with Crippen molar-refractivity contribution in [2.24, 2.45) is 5.92 Å². The number of anilines is 2. The summed E-state index contributed by atoms with van der Waals surface area (Å²) in [5.74, 6) is 0.0665. The standard InChI is InChI=1S/C24H21N3O/c28-22-14-18(16-7-2-1-3-8-16)13-21-23(22)24(17-9-6-12-25-15-17)27-20-11-5-4-10-19(20)26-21/h1-13,15,18,23-24,26-27H,14H2. The smallest absolute Gasteiger partial charge is 0.145 e. The number of ketones is 1. The van der Waals surface area contributed by atoms with Gasteiger partial charge in [0.15, 0.2) is 0 Å². The predicted octanol–water partition coefficient (Wildman–Crippen LogP) is 4.92. The van der Waals surface area contributed by atoms with Gasteiger partial charge in [0.2, 0.25) is 0 Å². The van der Waals surface area contributed by atoms with Crippen LogP contribution in [0.25, 0.3) is 0 Å². The summed E-state index contributed by atoms with van der Waals surface area (Å²) >= 11 is 0. The van der Waals surface area contributed by atoms with Crippen LogP contribution >= 0.6 is 0 Å². The first-order valence-electron chi connectivity index (χ1n) is 9.61. The number of hydrogen-bond donors (Lipinski definition) is 2. The van der Waals surface area contributed by atoms with Gasteiger partial charge in [-0.2, -0.15) is 0 Å². The van der Waals surface area contributed by atoms with Gasteiger partial charge in [-0.25, -0.2) is 0 Å². The number of Topliss-reactive ketones (excluding diaryl/α,β-unsaturated/α-hetero) is 1. The minimum absolute atomic E-state index is 0.0901. The molecule has 0 radical (unpaired) electrons. The Hall–Kier alpha value is -3.40. The van der Waals surface area contributed by atoms with Crippen LogP contribution < -0.4 is 10.6 Å². The van der Waals surface area contributed by atoms with Crippen molar-refractivity contribution in [1.82, 2.24) is 4.98 Å². The molecule has 28 heavy (non-hydrogen) atoms. The van der Waals surface area contributed by atoms with E-state index in [2.05, 4.69) is 33.8 Å². The molecule has 3 aromatic rings. The van der Waals surface area contributed by atoms with E-state index in [1.165, 1.54) is 5.56 Å². The second-order valence-electron chi connectivity index (χ2n) is 7.37. The first-order valence-corrected chi connectivity index (χ1v) is 9.61. The van der Waals surface area contributed by atoms with Crippen molar-refractivity contribution in [2.45, 2.75) is 18.4 Å². The summed E-state index contributed by atoms with van der Waals surface area (Å²) in [4.78, 5) is 17.6. The van der Waals surface area contributed by atoms with Crippen LogP contribution in [0.2, 0.25) is 0 Å². The normalized spacial score (nSPS) is 23.4. The Morgan fingerprint density at radius 2 is 1.61 bits per heavy atom. The minimum Gasteiger partial charge on any atom is -0.375 e. The monoisotopic (exact) mass is 367 g/mol. The fraction of sp³-hybridized carbons (Fsp3) is 0.167. The molecule has 5 rings (SSSR count). The van der Waals surface area contributed by atoms with Gasteiger partial charge in [-0.3, -0.25) is 9.78 Å². The van der Waals surface area contributed by atoms with Gasteiger partial charge in [0.1, 0.15) is 5.78 Å². The highest BCUT2D eigenvalue weighted by molar-refractivity contribution is 5.90. The van der Waals surface area contributed by atoms with Gasteiger partial charge in [-0.15, -0.1) is 0 Å². The number of carbonyl (C=O) groups excluding carboxylic acids is 1. The number of fused-ring (bicyclic) bond motifs is 2. The molecule has 0 amide bonds. The molecule has 3 unspecified atom stereocenters. The molecular formula is C24H21N3O. The zero-order valence-electron chi connectivity index (χ0n) is 15.4. The van der Waals surface area contributed by atoms with Gasteiger partial charge in [-0.05, 0) is 29.3 Å². The Kier molecular flexibility index (Phi) is 4.17. The molecule has 3 atom stereocenters. The molecule has 0 spiro atoms. The second kappa shape index (κ2) is 6.97. The number of benzene rings is 2. The lowest BCUT2D eigenvalue weighted by Crippen LogP contribution is -2.33. The maximum atomic E-state index is 13.4. The number of pyridine rings is 1. The van der Waals surface area contributed by atoms with Crippen LogP contribution in [0.1, 0.15) is 29.5 Å². The van der Waals surface area contributed by atoms with E-state index >= 15 is 0 Å². The molecule has 1 aromatic heterocycles. The van der Waals surface area contributed by atoms with E-state index in [0.717, 1.165) is 22.6 Å². The summed E-state index contributed by atoms with van der Waals surface area (Å²) in [7, 11) is 0. The molecular weight excluding hydrogens is 346 g/mol. The largest absolute Gasteiger partial charge is 0.375 e. The molecule has 1 aliphatic carbocycles. The molecule has 4 heteroatoms. The topological polar surface area (TPSA) is 54.0 Å². The van der Waals surface area contributed by atoms with E-state index < -0.39 is 0 Å². The van der Waals surface area contributed by atoms with E-state index in [1.54, 1.807) is 6.20 Å². The number of aromatic nitrogens is 1. The Bertz CT molecular complexity index is 1030. The number of nitrogens with zero attached hydrogens (tertiary/aromatic N) is 1. The summed E-state index contributed by atoms with van der Waals surface area (Å²) < 4.78 is 0. The van der Waals surface area contributed by atoms with Crippen molar-refractivity contribution in [1.29, 1.82) is 0 Å². The number of rotatable bonds is 2.